The van der Waals surface area contributed by atoms with Gasteiger partial charge in [0.25, 0.3) is 5.56 Å². The first-order chi connectivity index (χ1) is 31.5. The number of piperazine rings is 2. The number of aldehydes is 1. The predicted octanol–water partition coefficient (Wildman–Crippen LogP) is 5.17. The fourth-order valence-corrected chi connectivity index (χ4v) is 8.28. The van der Waals surface area contributed by atoms with Crippen LogP contribution in [-0.4, -0.2) is 132 Å². The van der Waals surface area contributed by atoms with Crippen LogP contribution in [0.3, 0.4) is 0 Å². The maximum atomic E-state index is 15.5. The van der Waals surface area contributed by atoms with Gasteiger partial charge in [0, 0.05) is 107 Å². The molecule has 1 aliphatic carbocycles. The first-order valence-corrected chi connectivity index (χ1v) is 22.7. The molecule has 0 radical (unpaired) electrons. The molecular formula is C47H62F2N12O4. The van der Waals surface area contributed by atoms with Gasteiger partial charge in [-0.25, -0.2) is 13.8 Å². The highest BCUT2D eigenvalue weighted by atomic mass is 19.1. The number of nitrogens with one attached hydrogen (secondary N) is 3. The van der Waals surface area contributed by atoms with E-state index >= 15 is 8.78 Å². The fourth-order valence-electron chi connectivity index (χ4n) is 8.28. The van der Waals surface area contributed by atoms with Gasteiger partial charge in [0.1, 0.15) is 35.4 Å². The van der Waals surface area contributed by atoms with Gasteiger partial charge in [0.2, 0.25) is 5.91 Å². The number of halogens is 2. The van der Waals surface area contributed by atoms with Crippen molar-refractivity contribution in [3.63, 3.8) is 0 Å². The second-order valence-corrected chi connectivity index (χ2v) is 17.0. The van der Waals surface area contributed by atoms with Crippen LogP contribution in [0, 0.1) is 18.6 Å². The molecule has 1 saturated carbocycles. The van der Waals surface area contributed by atoms with E-state index in [9.17, 15) is 19.6 Å². The summed E-state index contributed by atoms with van der Waals surface area (Å²) in [5, 5.41) is 22.5. The van der Waals surface area contributed by atoms with Crippen molar-refractivity contribution < 1.29 is 23.6 Å². The van der Waals surface area contributed by atoms with Crippen molar-refractivity contribution in [1.82, 2.24) is 29.5 Å². The highest BCUT2D eigenvalue weighted by Crippen LogP contribution is 2.28. The predicted molar refractivity (Wildman–Crippen MR) is 252 cm³/mol. The van der Waals surface area contributed by atoms with Crippen molar-refractivity contribution in [2.45, 2.75) is 70.4 Å². The monoisotopic (exact) mass is 896 g/mol. The number of likely N-dealkylation sites (N-methyl/N-ethyl adjacent to an activating group) is 1. The number of unbranched alkanes of at least 4 members (excludes halogenated alkanes) is 3. The molecule has 2 saturated heterocycles. The zero-order chi connectivity index (χ0) is 45.9. The molecule has 2 aromatic carbocycles. The van der Waals surface area contributed by atoms with Crippen LogP contribution >= 0.6 is 0 Å². The highest BCUT2D eigenvalue weighted by Gasteiger charge is 2.24. The number of carbonyl (C=O) groups is 2. The van der Waals surface area contributed by atoms with E-state index in [1.807, 2.05) is 6.07 Å². The summed E-state index contributed by atoms with van der Waals surface area (Å²) < 4.78 is 32.1. The van der Waals surface area contributed by atoms with Gasteiger partial charge in [0.05, 0.1) is 28.7 Å². The van der Waals surface area contributed by atoms with Gasteiger partial charge in [-0.1, -0.05) is 12.8 Å². The third-order valence-corrected chi connectivity index (χ3v) is 12.4. The van der Waals surface area contributed by atoms with E-state index in [1.54, 1.807) is 48.6 Å². The lowest BCUT2D eigenvalue weighted by atomic mass is 10.1. The van der Waals surface area contributed by atoms with Gasteiger partial charge >= 0.3 is 0 Å². The SMILES string of the molecule is CNC(=O)C(CCC=O)Nc1ccc(N2CCN(CCCCCCN3CCN(N(O)c4ccc(Nc5nc6ccc(/C(C=NC7CC7)=C/N)cn6c(=O)c5C)c(F)c4)CC3)CC2)c(F)c1. The van der Waals surface area contributed by atoms with Crippen molar-refractivity contribution in [2.75, 3.05) is 93.2 Å². The van der Waals surface area contributed by atoms with Crippen molar-refractivity contribution in [3.05, 3.63) is 94.0 Å². The summed E-state index contributed by atoms with van der Waals surface area (Å²) in [5.41, 5.74) is 9.19. The number of carbonyl (C=O) groups excluding carboxylic acids is 2. The summed E-state index contributed by atoms with van der Waals surface area (Å²) in [7, 11) is 1.53. The molecule has 6 N–H and O–H groups in total. The zero-order valence-corrected chi connectivity index (χ0v) is 37.4. The number of rotatable bonds is 21. The summed E-state index contributed by atoms with van der Waals surface area (Å²) in [6, 6.07) is 12.6. The molecule has 1 amide bonds. The Hall–Kier alpha value is -5.95. The van der Waals surface area contributed by atoms with E-state index in [4.69, 9.17) is 5.73 Å². The number of hydrogen-bond acceptors (Lipinski definition) is 14. The lowest BCUT2D eigenvalue weighted by Gasteiger charge is -2.38. The standard InChI is InChI=1S/C47H62F2N12O4/c1-33-45(55-44-16-9-34(32-60(44)47(33)64)35(30-50)31-52-36-10-11-36)54-41-14-13-38(29-39(41)48)61(65)59-25-21-57(22-26-59)18-6-4-3-5-17-56-19-23-58(24-20-56)43-15-12-37(28-40(43)49)53-42(8-7-27-62)46(63)51-2/h9,12-16,27-32,36,42,53-54,65H,3-8,10-11,17-26,50H2,1-2H3,(H,51,63)/b35-30+,52-31?. The van der Waals surface area contributed by atoms with Gasteiger partial charge in [0.15, 0.2) is 0 Å². The maximum Gasteiger partial charge on any atom is 0.262 e. The molecule has 1 atom stereocenters. The minimum atomic E-state index is -0.616. The topological polar surface area (TPSA) is 179 Å². The summed E-state index contributed by atoms with van der Waals surface area (Å²) in [4.78, 5) is 52.4. The van der Waals surface area contributed by atoms with Gasteiger partial charge in [-0.2, -0.15) is 10.2 Å². The molecular weight excluding hydrogens is 835 g/mol. The summed E-state index contributed by atoms with van der Waals surface area (Å²) in [5.74, 6) is -0.945. The Morgan fingerprint density at radius 2 is 1.66 bits per heavy atom. The first kappa shape index (κ1) is 47.0. The Morgan fingerprint density at radius 3 is 2.29 bits per heavy atom. The van der Waals surface area contributed by atoms with Crippen LogP contribution in [0.1, 0.15) is 62.5 Å². The largest absolute Gasteiger partial charge is 0.404 e. The molecule has 7 rings (SSSR count). The molecule has 348 valence electrons. The van der Waals surface area contributed by atoms with Crippen LogP contribution in [0.4, 0.5) is 37.3 Å². The van der Waals surface area contributed by atoms with Crippen molar-refractivity contribution in [1.29, 1.82) is 0 Å². The average molecular weight is 897 g/mol. The molecule has 18 heteroatoms. The van der Waals surface area contributed by atoms with E-state index in [-0.39, 0.29) is 35.2 Å². The third kappa shape index (κ3) is 12.2. The number of aromatic nitrogens is 2. The van der Waals surface area contributed by atoms with Crippen LogP contribution in [0.5, 0.6) is 0 Å². The number of allylic oxidation sites excluding steroid dienone is 1. The minimum absolute atomic E-state index is 0.128. The highest BCUT2D eigenvalue weighted by molar-refractivity contribution is 6.09. The second-order valence-electron chi connectivity index (χ2n) is 17.0. The van der Waals surface area contributed by atoms with Crippen LogP contribution in [0.15, 0.2) is 70.7 Å². The van der Waals surface area contributed by atoms with Crippen LogP contribution < -0.4 is 37.3 Å². The van der Waals surface area contributed by atoms with Gasteiger partial charge < -0.3 is 36.3 Å². The molecule has 3 fully saturated rings. The Kier molecular flexibility index (Phi) is 16.1. The van der Waals surface area contributed by atoms with Crippen molar-refractivity contribution >= 4 is 58.2 Å². The second kappa shape index (κ2) is 22.3. The zero-order valence-electron chi connectivity index (χ0n) is 37.4. The third-order valence-electron chi connectivity index (χ3n) is 12.4. The molecule has 0 bridgehead atoms. The van der Waals surface area contributed by atoms with Crippen molar-refractivity contribution in [2.24, 2.45) is 10.7 Å². The Bertz CT molecular complexity index is 2390. The minimum Gasteiger partial charge on any atom is -0.404 e. The number of nitrogens with two attached hydrogens (primary N) is 1. The molecule has 3 aliphatic rings. The maximum absolute atomic E-state index is 15.5. The molecule has 4 heterocycles. The van der Waals surface area contributed by atoms with E-state index in [0.29, 0.717) is 59.4 Å². The van der Waals surface area contributed by atoms with E-state index in [2.05, 4.69) is 40.6 Å². The molecule has 4 aromatic rings. The van der Waals surface area contributed by atoms with Gasteiger partial charge in [-0.05, 0) is 94.6 Å². The molecule has 2 aliphatic heterocycles. The van der Waals surface area contributed by atoms with E-state index in [0.717, 1.165) is 108 Å². The smallest absolute Gasteiger partial charge is 0.262 e. The summed E-state index contributed by atoms with van der Waals surface area (Å²) >= 11 is 0. The van der Waals surface area contributed by atoms with Crippen LogP contribution in [-0.2, 0) is 9.59 Å². The Labute approximate surface area is 378 Å². The lowest BCUT2D eigenvalue weighted by Crippen LogP contribution is -2.53. The lowest BCUT2D eigenvalue weighted by molar-refractivity contribution is -0.121. The molecule has 0 spiro atoms. The van der Waals surface area contributed by atoms with Gasteiger partial charge in [-0.15, -0.1) is 0 Å². The number of benzene rings is 2. The van der Waals surface area contributed by atoms with Crippen LogP contribution in [0.25, 0.3) is 11.2 Å². The molecule has 65 heavy (non-hydrogen) atoms. The molecule has 16 nitrogen and oxygen atoms in total. The Balaban J connectivity index is 0.794. The van der Waals surface area contributed by atoms with Crippen LogP contribution in [0.2, 0.25) is 0 Å². The number of fused-ring (bicyclic) bond motifs is 1. The normalized spacial score (nSPS) is 17.1. The number of amides is 1. The fraction of sp³-hybridized carbons (Fsp3) is 0.468. The number of hydrogen-bond donors (Lipinski definition) is 5. The van der Waals surface area contributed by atoms with E-state index in [1.165, 1.54) is 35.8 Å². The number of aliphatic imine (C=N–C) groups is 1. The molecule has 2 aromatic heterocycles. The van der Waals surface area contributed by atoms with E-state index < -0.39 is 11.9 Å². The number of hydrazine groups is 1. The number of pyridine rings is 1. The summed E-state index contributed by atoms with van der Waals surface area (Å²) in [6.07, 6.45) is 12.8. The van der Waals surface area contributed by atoms with Crippen molar-refractivity contribution in [3.8, 4) is 0 Å². The Morgan fingerprint density at radius 1 is 0.954 bits per heavy atom. The number of anilines is 5. The average Bonchev–Trinajstić information content (AvgIpc) is 4.16. The molecule has 1 unspecified atom stereocenters. The number of nitrogens with zero attached hydrogens (tertiary/aromatic N) is 8. The first-order valence-electron chi connectivity index (χ1n) is 22.7. The van der Waals surface area contributed by atoms with Gasteiger partial charge in [-0.3, -0.25) is 29.1 Å². The summed E-state index contributed by atoms with van der Waals surface area (Å²) in [6.45, 7) is 9.58. The quantitative estimate of drug-likeness (QED) is 0.0321.